The van der Waals surface area contributed by atoms with Crippen LogP contribution in [0.3, 0.4) is 0 Å². The number of nitrogens with zero attached hydrogens (tertiary/aromatic N) is 1. The molecule has 3 rings (SSSR count). The van der Waals surface area contributed by atoms with Crippen LogP contribution >= 0.6 is 34.8 Å². The molecule has 0 saturated carbocycles. The Morgan fingerprint density at radius 2 is 1.53 bits per heavy atom. The number of amides is 1. The van der Waals surface area contributed by atoms with Gasteiger partial charge in [-0.3, -0.25) is 4.79 Å². The minimum absolute atomic E-state index is 0.0534. The summed E-state index contributed by atoms with van der Waals surface area (Å²) < 4.78 is 27.5. The van der Waals surface area contributed by atoms with E-state index in [1.807, 2.05) is 0 Å². The highest BCUT2D eigenvalue weighted by Crippen LogP contribution is 2.25. The Balaban J connectivity index is 1.87. The van der Waals surface area contributed by atoms with E-state index < -0.39 is 15.9 Å². The fourth-order valence-electron chi connectivity index (χ4n) is 2.70. The summed E-state index contributed by atoms with van der Waals surface area (Å²) in [4.78, 5) is 12.7. The van der Waals surface area contributed by atoms with Gasteiger partial charge in [-0.15, -0.1) is 0 Å². The lowest BCUT2D eigenvalue weighted by molar-refractivity contribution is -0.116. The highest BCUT2D eigenvalue weighted by Gasteiger charge is 2.27. The molecule has 5 nitrogen and oxygen atoms in total. The molecule has 3 aromatic carbocycles. The van der Waals surface area contributed by atoms with Gasteiger partial charge in [-0.1, -0.05) is 59.1 Å². The SMILES string of the molecule is O=C(CN(Cc1ccc(Cl)c(Cl)c1)S(=O)(=O)c1ccccc1)Nc1ccc(Cl)cc1. The van der Waals surface area contributed by atoms with Crippen molar-refractivity contribution in [3.8, 4) is 0 Å². The molecule has 1 amide bonds. The smallest absolute Gasteiger partial charge is 0.243 e. The maximum atomic E-state index is 13.2. The zero-order chi connectivity index (χ0) is 21.7. The molecule has 0 saturated heterocycles. The Bertz CT molecular complexity index is 1140. The third kappa shape index (κ3) is 5.74. The van der Waals surface area contributed by atoms with Crippen LogP contribution in [0, 0.1) is 0 Å². The highest BCUT2D eigenvalue weighted by atomic mass is 35.5. The van der Waals surface area contributed by atoms with E-state index in [1.165, 1.54) is 12.1 Å². The molecule has 0 atom stereocenters. The molecule has 156 valence electrons. The summed E-state index contributed by atoms with van der Waals surface area (Å²) in [6, 6.07) is 19.3. The van der Waals surface area contributed by atoms with E-state index in [4.69, 9.17) is 34.8 Å². The number of rotatable bonds is 7. The number of carbonyl (C=O) groups excluding carboxylic acids is 1. The first-order chi connectivity index (χ1) is 14.3. The van der Waals surface area contributed by atoms with Crippen molar-refractivity contribution in [1.82, 2.24) is 4.31 Å². The summed E-state index contributed by atoms with van der Waals surface area (Å²) in [6.07, 6.45) is 0. The number of hydrogen-bond acceptors (Lipinski definition) is 3. The largest absolute Gasteiger partial charge is 0.325 e. The van der Waals surface area contributed by atoms with Crippen LogP contribution in [-0.4, -0.2) is 25.2 Å². The average molecular weight is 484 g/mol. The number of anilines is 1. The van der Waals surface area contributed by atoms with Gasteiger partial charge in [0.25, 0.3) is 0 Å². The van der Waals surface area contributed by atoms with Crippen molar-refractivity contribution >= 4 is 56.4 Å². The van der Waals surface area contributed by atoms with Crippen molar-refractivity contribution < 1.29 is 13.2 Å². The summed E-state index contributed by atoms with van der Waals surface area (Å²) in [5.74, 6) is -0.489. The molecule has 30 heavy (non-hydrogen) atoms. The Morgan fingerprint density at radius 1 is 0.867 bits per heavy atom. The highest BCUT2D eigenvalue weighted by molar-refractivity contribution is 7.89. The predicted molar refractivity (Wildman–Crippen MR) is 121 cm³/mol. The predicted octanol–water partition coefficient (Wildman–Crippen LogP) is 5.48. The summed E-state index contributed by atoms with van der Waals surface area (Å²) in [7, 11) is -3.94. The van der Waals surface area contributed by atoms with Gasteiger partial charge in [0.2, 0.25) is 15.9 Å². The van der Waals surface area contributed by atoms with Gasteiger partial charge < -0.3 is 5.32 Å². The van der Waals surface area contributed by atoms with Crippen LogP contribution in [0.1, 0.15) is 5.56 Å². The Labute approximate surface area is 190 Å². The van der Waals surface area contributed by atoms with Crippen LogP contribution in [0.5, 0.6) is 0 Å². The van der Waals surface area contributed by atoms with Crippen LogP contribution < -0.4 is 5.32 Å². The van der Waals surface area contributed by atoms with Crippen molar-refractivity contribution in [2.75, 3.05) is 11.9 Å². The number of carbonyl (C=O) groups is 1. The average Bonchev–Trinajstić information content (AvgIpc) is 2.72. The van der Waals surface area contributed by atoms with Gasteiger partial charge in [0.1, 0.15) is 0 Å². The molecule has 0 aliphatic heterocycles. The number of hydrogen-bond donors (Lipinski definition) is 1. The minimum Gasteiger partial charge on any atom is -0.325 e. The van der Waals surface area contributed by atoms with Gasteiger partial charge >= 0.3 is 0 Å². The summed E-state index contributed by atoms with van der Waals surface area (Å²) in [5, 5.41) is 3.87. The van der Waals surface area contributed by atoms with E-state index in [-0.39, 0.29) is 18.0 Å². The third-order valence-electron chi connectivity index (χ3n) is 4.17. The molecule has 0 spiro atoms. The summed E-state index contributed by atoms with van der Waals surface area (Å²) >= 11 is 17.9. The molecule has 0 unspecified atom stereocenters. The Kier molecular flexibility index (Phi) is 7.39. The molecule has 3 aromatic rings. The van der Waals surface area contributed by atoms with Crippen LogP contribution in [0.25, 0.3) is 0 Å². The second-order valence-electron chi connectivity index (χ2n) is 6.39. The maximum Gasteiger partial charge on any atom is 0.243 e. The molecule has 0 aromatic heterocycles. The fraction of sp³-hybridized carbons (Fsp3) is 0.0952. The van der Waals surface area contributed by atoms with Crippen LogP contribution in [0.4, 0.5) is 5.69 Å². The molecule has 0 aliphatic rings. The summed E-state index contributed by atoms with van der Waals surface area (Å²) in [5.41, 5.74) is 1.11. The molecular formula is C21H17Cl3N2O3S. The zero-order valence-electron chi connectivity index (χ0n) is 15.6. The zero-order valence-corrected chi connectivity index (χ0v) is 18.6. The van der Waals surface area contributed by atoms with Gasteiger partial charge in [-0.25, -0.2) is 8.42 Å². The van der Waals surface area contributed by atoms with Crippen LogP contribution in [-0.2, 0) is 21.4 Å². The Hall–Kier alpha value is -2.09. The third-order valence-corrected chi connectivity index (χ3v) is 6.97. The van der Waals surface area contributed by atoms with E-state index in [1.54, 1.807) is 60.7 Å². The number of sulfonamides is 1. The number of nitrogens with one attached hydrogen (secondary N) is 1. The molecule has 0 radical (unpaired) electrons. The first kappa shape index (κ1) is 22.6. The lowest BCUT2D eigenvalue weighted by Gasteiger charge is -2.22. The monoisotopic (exact) mass is 482 g/mol. The second kappa shape index (κ2) is 9.81. The molecule has 1 N–H and O–H groups in total. The molecule has 0 heterocycles. The standard InChI is InChI=1S/C21H17Cl3N2O3S/c22-16-7-9-17(10-8-16)25-21(27)14-26(13-15-6-11-19(23)20(24)12-15)30(28,29)18-4-2-1-3-5-18/h1-12H,13-14H2,(H,25,27). The van der Waals surface area contributed by atoms with Crippen LogP contribution in [0.2, 0.25) is 15.1 Å². The van der Waals surface area contributed by atoms with Gasteiger partial charge in [0.15, 0.2) is 0 Å². The van der Waals surface area contributed by atoms with Gasteiger partial charge in [0, 0.05) is 17.3 Å². The van der Waals surface area contributed by atoms with Gasteiger partial charge in [0.05, 0.1) is 21.5 Å². The lowest BCUT2D eigenvalue weighted by atomic mass is 10.2. The minimum atomic E-state index is -3.94. The topological polar surface area (TPSA) is 66.5 Å². The molecular weight excluding hydrogens is 467 g/mol. The van der Waals surface area contributed by atoms with Crippen molar-refractivity contribution in [2.24, 2.45) is 0 Å². The fourth-order valence-corrected chi connectivity index (χ4v) is 4.56. The van der Waals surface area contributed by atoms with Crippen molar-refractivity contribution in [1.29, 1.82) is 0 Å². The van der Waals surface area contributed by atoms with Crippen molar-refractivity contribution in [3.05, 3.63) is 93.4 Å². The molecule has 0 fully saturated rings. The lowest BCUT2D eigenvalue weighted by Crippen LogP contribution is -2.37. The van der Waals surface area contributed by atoms with Gasteiger partial charge in [-0.05, 0) is 54.1 Å². The Morgan fingerprint density at radius 3 is 2.17 bits per heavy atom. The van der Waals surface area contributed by atoms with Crippen LogP contribution in [0.15, 0.2) is 77.7 Å². The number of halogens is 3. The van der Waals surface area contributed by atoms with E-state index in [9.17, 15) is 13.2 Å². The second-order valence-corrected chi connectivity index (χ2v) is 9.58. The summed E-state index contributed by atoms with van der Waals surface area (Å²) in [6.45, 7) is -0.442. The van der Waals surface area contributed by atoms with E-state index in [0.717, 1.165) is 4.31 Å². The molecule has 9 heteroatoms. The first-order valence-corrected chi connectivity index (χ1v) is 11.4. The quantitative estimate of drug-likeness (QED) is 0.484. The molecule has 0 bridgehead atoms. The maximum absolute atomic E-state index is 13.2. The number of benzene rings is 3. The normalized spacial score (nSPS) is 11.5. The van der Waals surface area contributed by atoms with Gasteiger partial charge in [-0.2, -0.15) is 4.31 Å². The van der Waals surface area contributed by atoms with E-state index >= 15 is 0 Å². The molecule has 0 aliphatic carbocycles. The van der Waals surface area contributed by atoms with E-state index in [0.29, 0.717) is 26.3 Å². The van der Waals surface area contributed by atoms with E-state index in [2.05, 4.69) is 5.32 Å². The van der Waals surface area contributed by atoms with Crippen molar-refractivity contribution in [3.63, 3.8) is 0 Å². The van der Waals surface area contributed by atoms with Crippen molar-refractivity contribution in [2.45, 2.75) is 11.4 Å². The first-order valence-electron chi connectivity index (χ1n) is 8.80.